The van der Waals surface area contributed by atoms with Gasteiger partial charge in [-0.3, -0.25) is 4.40 Å². The summed E-state index contributed by atoms with van der Waals surface area (Å²) in [6.07, 6.45) is 1.30. The summed E-state index contributed by atoms with van der Waals surface area (Å²) in [7, 11) is 0. The highest BCUT2D eigenvalue weighted by Gasteiger charge is 2.33. The Hall–Kier alpha value is -1.20. The van der Waals surface area contributed by atoms with E-state index in [-0.39, 0.29) is 12.0 Å². The molecule has 0 amide bonds. The van der Waals surface area contributed by atoms with E-state index in [1.807, 2.05) is 18.2 Å². The van der Waals surface area contributed by atoms with Gasteiger partial charge in [-0.2, -0.15) is 0 Å². The number of hydrogen-bond acceptors (Lipinski definition) is 4. The van der Waals surface area contributed by atoms with Crippen molar-refractivity contribution in [2.24, 2.45) is 0 Å². The first-order valence-electron chi connectivity index (χ1n) is 5.63. The van der Waals surface area contributed by atoms with Crippen LogP contribution in [0.2, 0.25) is 5.15 Å². The molecule has 1 aliphatic carbocycles. The Morgan fingerprint density at radius 2 is 2.00 bits per heavy atom. The fraction of sp³-hybridized carbons (Fsp3) is 0.545. The summed E-state index contributed by atoms with van der Waals surface area (Å²) >= 11 is 6.06. The van der Waals surface area contributed by atoms with E-state index in [0.717, 1.165) is 30.1 Å². The smallest absolute Gasteiger partial charge is 0.198 e. The predicted molar refractivity (Wildman–Crippen MR) is 63.2 cm³/mol. The van der Waals surface area contributed by atoms with Crippen LogP contribution in [0.25, 0.3) is 5.65 Å². The van der Waals surface area contributed by atoms with E-state index in [4.69, 9.17) is 11.6 Å². The van der Waals surface area contributed by atoms with Gasteiger partial charge < -0.3 is 5.11 Å². The molecule has 2 heterocycles. The summed E-state index contributed by atoms with van der Waals surface area (Å²) in [6.45, 7) is 3.90. The molecule has 0 unspecified atom stereocenters. The SMILES string of the molecule is Cc1nc(Cl)c2nnc(C3CC(O)C3)n2c1C. The summed E-state index contributed by atoms with van der Waals surface area (Å²) in [6, 6.07) is 0. The van der Waals surface area contributed by atoms with E-state index in [1.54, 1.807) is 0 Å². The summed E-state index contributed by atoms with van der Waals surface area (Å²) in [5, 5.41) is 18.0. The van der Waals surface area contributed by atoms with Gasteiger partial charge in [0.15, 0.2) is 10.8 Å². The van der Waals surface area contributed by atoms with Crippen molar-refractivity contribution in [3.05, 3.63) is 22.4 Å². The van der Waals surface area contributed by atoms with E-state index in [2.05, 4.69) is 15.2 Å². The Kier molecular flexibility index (Phi) is 2.34. The number of aromatic nitrogens is 4. The Balaban J connectivity index is 2.20. The molecule has 3 rings (SSSR count). The third kappa shape index (κ3) is 1.53. The molecule has 0 saturated heterocycles. The molecule has 1 fully saturated rings. The largest absolute Gasteiger partial charge is 0.393 e. The van der Waals surface area contributed by atoms with Crippen molar-refractivity contribution in [2.45, 2.75) is 38.7 Å². The normalized spacial score (nSPS) is 24.0. The maximum Gasteiger partial charge on any atom is 0.198 e. The topological polar surface area (TPSA) is 63.3 Å². The van der Waals surface area contributed by atoms with Crippen molar-refractivity contribution < 1.29 is 5.11 Å². The van der Waals surface area contributed by atoms with Crippen molar-refractivity contribution in [1.82, 2.24) is 19.6 Å². The van der Waals surface area contributed by atoms with Crippen LogP contribution >= 0.6 is 11.6 Å². The van der Waals surface area contributed by atoms with Gasteiger partial charge in [-0.05, 0) is 26.7 Å². The first-order valence-corrected chi connectivity index (χ1v) is 6.01. The molecule has 0 radical (unpaired) electrons. The van der Waals surface area contributed by atoms with Crippen LogP contribution in [0, 0.1) is 13.8 Å². The third-order valence-electron chi connectivity index (χ3n) is 3.48. The van der Waals surface area contributed by atoms with Gasteiger partial charge in [0.25, 0.3) is 0 Å². The number of hydrogen-bond donors (Lipinski definition) is 1. The summed E-state index contributed by atoms with van der Waals surface area (Å²) in [5.74, 6) is 1.16. The first kappa shape index (κ1) is 10.9. The number of aryl methyl sites for hydroxylation is 2. The molecule has 1 aliphatic rings. The Labute approximate surface area is 103 Å². The zero-order valence-corrected chi connectivity index (χ0v) is 10.4. The second-order valence-electron chi connectivity index (χ2n) is 4.61. The Bertz CT molecular complexity index is 589. The van der Waals surface area contributed by atoms with E-state index in [0.29, 0.717) is 10.8 Å². The minimum atomic E-state index is -0.203. The third-order valence-corrected chi connectivity index (χ3v) is 3.73. The van der Waals surface area contributed by atoms with Crippen molar-refractivity contribution in [2.75, 3.05) is 0 Å². The van der Waals surface area contributed by atoms with Crippen molar-refractivity contribution in [1.29, 1.82) is 0 Å². The van der Waals surface area contributed by atoms with Gasteiger partial charge in [0.05, 0.1) is 11.8 Å². The summed E-state index contributed by atoms with van der Waals surface area (Å²) in [4.78, 5) is 4.23. The van der Waals surface area contributed by atoms with Crippen molar-refractivity contribution in [3.63, 3.8) is 0 Å². The maximum atomic E-state index is 9.37. The molecular weight excluding hydrogens is 240 g/mol. The van der Waals surface area contributed by atoms with Gasteiger partial charge in [-0.25, -0.2) is 4.98 Å². The monoisotopic (exact) mass is 252 g/mol. The molecule has 2 aromatic rings. The fourth-order valence-corrected chi connectivity index (χ4v) is 2.51. The number of aliphatic hydroxyl groups is 1. The molecule has 5 nitrogen and oxygen atoms in total. The number of fused-ring (bicyclic) bond motifs is 1. The number of rotatable bonds is 1. The molecule has 0 spiro atoms. The first-order chi connectivity index (χ1) is 8.08. The van der Waals surface area contributed by atoms with Crippen LogP contribution in [0.4, 0.5) is 0 Å². The van der Waals surface area contributed by atoms with E-state index in [9.17, 15) is 5.11 Å². The zero-order valence-electron chi connectivity index (χ0n) is 9.68. The fourth-order valence-electron chi connectivity index (χ4n) is 2.26. The number of aliphatic hydroxyl groups excluding tert-OH is 1. The van der Waals surface area contributed by atoms with Crippen molar-refractivity contribution in [3.8, 4) is 0 Å². The predicted octanol–water partition coefficient (Wildman–Crippen LogP) is 1.63. The lowest BCUT2D eigenvalue weighted by Crippen LogP contribution is -2.28. The van der Waals surface area contributed by atoms with Gasteiger partial charge in [-0.1, -0.05) is 11.6 Å². The van der Waals surface area contributed by atoms with Crippen LogP contribution in [-0.2, 0) is 0 Å². The summed E-state index contributed by atoms with van der Waals surface area (Å²) < 4.78 is 1.96. The molecule has 1 N–H and O–H groups in total. The molecular formula is C11H13ClN4O. The highest BCUT2D eigenvalue weighted by atomic mass is 35.5. The van der Waals surface area contributed by atoms with Crippen LogP contribution in [0.1, 0.15) is 36.0 Å². The van der Waals surface area contributed by atoms with E-state index < -0.39 is 0 Å². The van der Waals surface area contributed by atoms with Crippen molar-refractivity contribution >= 4 is 17.2 Å². The Morgan fingerprint density at radius 3 is 2.65 bits per heavy atom. The average molecular weight is 253 g/mol. The number of halogens is 1. The van der Waals surface area contributed by atoms with Gasteiger partial charge in [0, 0.05) is 11.6 Å². The van der Waals surface area contributed by atoms with E-state index in [1.165, 1.54) is 0 Å². The molecule has 0 aliphatic heterocycles. The van der Waals surface area contributed by atoms with Gasteiger partial charge in [-0.15, -0.1) is 10.2 Å². The van der Waals surface area contributed by atoms with Gasteiger partial charge in [0.1, 0.15) is 5.82 Å². The molecule has 2 aromatic heterocycles. The lowest BCUT2D eigenvalue weighted by Gasteiger charge is -2.30. The van der Waals surface area contributed by atoms with Gasteiger partial charge in [0.2, 0.25) is 0 Å². The second-order valence-corrected chi connectivity index (χ2v) is 4.97. The minimum absolute atomic E-state index is 0.203. The molecule has 0 atom stereocenters. The maximum absolute atomic E-state index is 9.37. The molecule has 6 heteroatoms. The molecule has 17 heavy (non-hydrogen) atoms. The van der Waals surface area contributed by atoms with Crippen LogP contribution in [0.15, 0.2) is 0 Å². The highest BCUT2D eigenvalue weighted by molar-refractivity contribution is 6.32. The minimum Gasteiger partial charge on any atom is -0.393 e. The molecule has 0 bridgehead atoms. The molecule has 90 valence electrons. The lowest BCUT2D eigenvalue weighted by molar-refractivity contribution is 0.0712. The number of nitrogens with zero attached hydrogens (tertiary/aromatic N) is 4. The van der Waals surface area contributed by atoms with Crippen LogP contribution in [0.5, 0.6) is 0 Å². The second kappa shape index (κ2) is 3.65. The van der Waals surface area contributed by atoms with Crippen LogP contribution in [-0.4, -0.2) is 30.8 Å². The van der Waals surface area contributed by atoms with E-state index >= 15 is 0 Å². The highest BCUT2D eigenvalue weighted by Crippen LogP contribution is 2.36. The summed E-state index contributed by atoms with van der Waals surface area (Å²) in [5.41, 5.74) is 2.49. The van der Waals surface area contributed by atoms with Gasteiger partial charge >= 0.3 is 0 Å². The quantitative estimate of drug-likeness (QED) is 0.838. The van der Waals surface area contributed by atoms with Crippen LogP contribution < -0.4 is 0 Å². The van der Waals surface area contributed by atoms with Crippen LogP contribution in [0.3, 0.4) is 0 Å². The molecule has 1 saturated carbocycles. The Morgan fingerprint density at radius 1 is 1.29 bits per heavy atom. The zero-order chi connectivity index (χ0) is 12.2. The standard InChI is InChI=1S/C11H13ClN4O/c1-5-6(2)16-10(7-3-8(17)4-7)14-15-11(16)9(12)13-5/h7-8,17H,3-4H2,1-2H3. The average Bonchev–Trinajstić information content (AvgIpc) is 2.66. The molecule has 0 aromatic carbocycles. The lowest BCUT2D eigenvalue weighted by atomic mass is 9.82.